The lowest BCUT2D eigenvalue weighted by Gasteiger charge is -2.36. The van der Waals surface area contributed by atoms with E-state index >= 15 is 0 Å². The standard InChI is InChI=1S/C21H29NO3/c1-14(2)18-11-10-15(3)12-19(18)24-20-13-22(21(23)25-20)16(4)17-8-6-5-7-9-17/h5-9,13-16,18-19H,10-12H2,1-4H3/t15?,16?,18?,19-/m1/s1. The summed E-state index contributed by atoms with van der Waals surface area (Å²) in [5.41, 5.74) is 1.07. The molecule has 1 aromatic heterocycles. The summed E-state index contributed by atoms with van der Waals surface area (Å²) in [5.74, 6) is 1.71. The number of rotatable bonds is 5. The second kappa shape index (κ2) is 7.51. The van der Waals surface area contributed by atoms with Crippen LogP contribution >= 0.6 is 0 Å². The highest BCUT2D eigenvalue weighted by Crippen LogP contribution is 2.36. The molecule has 3 unspecified atom stereocenters. The summed E-state index contributed by atoms with van der Waals surface area (Å²) < 4.78 is 13.2. The average Bonchev–Trinajstić information content (AvgIpc) is 2.95. The Balaban J connectivity index is 1.79. The Bertz CT molecular complexity index is 731. The van der Waals surface area contributed by atoms with Crippen LogP contribution in [0.4, 0.5) is 0 Å². The van der Waals surface area contributed by atoms with Crippen molar-refractivity contribution in [2.24, 2.45) is 17.8 Å². The third-order valence-corrected chi connectivity index (χ3v) is 5.57. The van der Waals surface area contributed by atoms with Crippen molar-refractivity contribution in [3.8, 4) is 5.95 Å². The zero-order valence-electron chi connectivity index (χ0n) is 15.6. The van der Waals surface area contributed by atoms with Crippen LogP contribution in [-0.4, -0.2) is 10.7 Å². The van der Waals surface area contributed by atoms with Gasteiger partial charge in [-0.15, -0.1) is 0 Å². The van der Waals surface area contributed by atoms with Gasteiger partial charge in [0.25, 0.3) is 0 Å². The molecule has 1 aliphatic carbocycles. The van der Waals surface area contributed by atoms with Crippen LogP contribution in [0.25, 0.3) is 0 Å². The molecule has 1 fully saturated rings. The van der Waals surface area contributed by atoms with Crippen LogP contribution in [0.1, 0.15) is 58.6 Å². The van der Waals surface area contributed by atoms with E-state index in [0.717, 1.165) is 12.0 Å². The van der Waals surface area contributed by atoms with Gasteiger partial charge in [0.1, 0.15) is 6.10 Å². The average molecular weight is 343 g/mol. The van der Waals surface area contributed by atoms with Gasteiger partial charge in [-0.1, -0.05) is 57.5 Å². The number of hydrogen-bond donors (Lipinski definition) is 0. The molecule has 25 heavy (non-hydrogen) atoms. The highest BCUT2D eigenvalue weighted by molar-refractivity contribution is 5.19. The van der Waals surface area contributed by atoms with Gasteiger partial charge in [0, 0.05) is 0 Å². The topological polar surface area (TPSA) is 44.4 Å². The largest absolute Gasteiger partial charge is 0.460 e. The molecule has 0 N–H and O–H groups in total. The summed E-state index contributed by atoms with van der Waals surface area (Å²) in [7, 11) is 0. The van der Waals surface area contributed by atoms with Gasteiger partial charge in [0.05, 0.1) is 12.2 Å². The summed E-state index contributed by atoms with van der Waals surface area (Å²) in [6.07, 6.45) is 5.28. The number of nitrogens with zero attached hydrogens (tertiary/aromatic N) is 1. The second-order valence-corrected chi connectivity index (χ2v) is 7.79. The molecule has 4 atom stereocenters. The first-order chi connectivity index (χ1) is 12.0. The van der Waals surface area contributed by atoms with E-state index in [1.807, 2.05) is 37.3 Å². The fourth-order valence-electron chi connectivity index (χ4n) is 3.95. The maximum Gasteiger partial charge on any atom is 0.422 e. The molecular formula is C21H29NO3. The van der Waals surface area contributed by atoms with Crippen molar-refractivity contribution in [3.05, 3.63) is 52.6 Å². The van der Waals surface area contributed by atoms with Crippen molar-refractivity contribution in [1.82, 2.24) is 4.57 Å². The summed E-state index contributed by atoms with van der Waals surface area (Å²) in [6, 6.07) is 9.88. The molecule has 1 aliphatic rings. The Morgan fingerprint density at radius 1 is 1.16 bits per heavy atom. The maximum absolute atomic E-state index is 12.3. The maximum atomic E-state index is 12.3. The number of oxazole rings is 1. The van der Waals surface area contributed by atoms with E-state index < -0.39 is 0 Å². The molecule has 0 bridgehead atoms. The fraction of sp³-hybridized carbons (Fsp3) is 0.571. The number of ether oxygens (including phenoxy) is 1. The van der Waals surface area contributed by atoms with Gasteiger partial charge in [0.2, 0.25) is 0 Å². The Hall–Kier alpha value is -1.97. The first-order valence-corrected chi connectivity index (χ1v) is 9.39. The van der Waals surface area contributed by atoms with Gasteiger partial charge < -0.3 is 9.15 Å². The Labute approximate surface area is 149 Å². The van der Waals surface area contributed by atoms with Gasteiger partial charge >= 0.3 is 11.7 Å². The lowest BCUT2D eigenvalue weighted by molar-refractivity contribution is 0.0279. The minimum atomic E-state index is -0.365. The molecule has 2 aromatic rings. The van der Waals surface area contributed by atoms with E-state index in [-0.39, 0.29) is 17.9 Å². The molecule has 4 nitrogen and oxygen atoms in total. The van der Waals surface area contributed by atoms with Crippen molar-refractivity contribution in [2.45, 2.75) is 59.1 Å². The van der Waals surface area contributed by atoms with Crippen molar-refractivity contribution in [2.75, 3.05) is 0 Å². The monoisotopic (exact) mass is 343 g/mol. The van der Waals surface area contributed by atoms with Crippen LogP contribution in [0.5, 0.6) is 5.95 Å². The first kappa shape index (κ1) is 17.8. The van der Waals surface area contributed by atoms with Gasteiger partial charge in [-0.2, -0.15) is 0 Å². The van der Waals surface area contributed by atoms with Crippen molar-refractivity contribution >= 4 is 0 Å². The predicted octanol–water partition coefficient (Wildman–Crippen LogP) is 4.89. The minimum absolute atomic E-state index is 0.0824. The lowest BCUT2D eigenvalue weighted by atomic mass is 9.75. The molecule has 3 rings (SSSR count). The van der Waals surface area contributed by atoms with Crippen LogP contribution < -0.4 is 10.5 Å². The van der Waals surface area contributed by atoms with E-state index in [2.05, 4.69) is 20.8 Å². The molecule has 1 saturated carbocycles. The third kappa shape index (κ3) is 4.00. The van der Waals surface area contributed by atoms with Gasteiger partial charge in [-0.3, -0.25) is 4.57 Å². The Morgan fingerprint density at radius 2 is 1.88 bits per heavy atom. The van der Waals surface area contributed by atoms with E-state index in [0.29, 0.717) is 23.7 Å². The second-order valence-electron chi connectivity index (χ2n) is 7.79. The number of hydrogen-bond acceptors (Lipinski definition) is 3. The molecule has 1 heterocycles. The van der Waals surface area contributed by atoms with Crippen molar-refractivity contribution in [3.63, 3.8) is 0 Å². The Kier molecular flexibility index (Phi) is 5.36. The quantitative estimate of drug-likeness (QED) is 0.776. The SMILES string of the molecule is CC1CCC(C(C)C)[C@H](Oc2cn(C(C)c3ccccc3)c(=O)o2)C1. The van der Waals surface area contributed by atoms with E-state index in [4.69, 9.17) is 9.15 Å². The van der Waals surface area contributed by atoms with Crippen LogP contribution in [0.2, 0.25) is 0 Å². The predicted molar refractivity (Wildman–Crippen MR) is 99.0 cm³/mol. The highest BCUT2D eigenvalue weighted by Gasteiger charge is 2.33. The molecule has 0 aliphatic heterocycles. The molecular weight excluding hydrogens is 314 g/mol. The van der Waals surface area contributed by atoms with E-state index in [1.165, 1.54) is 12.8 Å². The van der Waals surface area contributed by atoms with Gasteiger partial charge in [-0.05, 0) is 43.1 Å². The normalized spacial score (nSPS) is 25.1. The van der Waals surface area contributed by atoms with E-state index in [9.17, 15) is 4.79 Å². The Morgan fingerprint density at radius 3 is 2.56 bits per heavy atom. The molecule has 1 aromatic carbocycles. The molecule has 0 saturated heterocycles. The smallest absolute Gasteiger partial charge is 0.422 e. The van der Waals surface area contributed by atoms with Crippen molar-refractivity contribution in [1.29, 1.82) is 0 Å². The molecule has 0 radical (unpaired) electrons. The molecule has 136 valence electrons. The summed E-state index contributed by atoms with van der Waals surface area (Å²) in [5, 5.41) is 0. The number of benzene rings is 1. The molecule has 0 amide bonds. The number of aromatic nitrogens is 1. The first-order valence-electron chi connectivity index (χ1n) is 9.39. The zero-order valence-corrected chi connectivity index (χ0v) is 15.6. The summed E-state index contributed by atoms with van der Waals surface area (Å²) in [4.78, 5) is 12.3. The van der Waals surface area contributed by atoms with Crippen LogP contribution in [0.15, 0.2) is 45.7 Å². The zero-order chi connectivity index (χ0) is 18.0. The summed E-state index contributed by atoms with van der Waals surface area (Å²) in [6.45, 7) is 8.76. The van der Waals surface area contributed by atoms with Gasteiger partial charge in [0.15, 0.2) is 0 Å². The van der Waals surface area contributed by atoms with Crippen molar-refractivity contribution < 1.29 is 9.15 Å². The van der Waals surface area contributed by atoms with E-state index in [1.54, 1.807) is 10.8 Å². The summed E-state index contributed by atoms with van der Waals surface area (Å²) >= 11 is 0. The lowest BCUT2D eigenvalue weighted by Crippen LogP contribution is -2.36. The fourth-order valence-corrected chi connectivity index (χ4v) is 3.95. The molecule has 0 spiro atoms. The third-order valence-electron chi connectivity index (χ3n) is 5.57. The highest BCUT2D eigenvalue weighted by atomic mass is 16.6. The minimum Gasteiger partial charge on any atom is -0.460 e. The van der Waals surface area contributed by atoms with Crippen LogP contribution in [0, 0.1) is 17.8 Å². The van der Waals surface area contributed by atoms with Crippen LogP contribution in [0.3, 0.4) is 0 Å². The molecule has 4 heteroatoms. The van der Waals surface area contributed by atoms with Gasteiger partial charge in [-0.25, -0.2) is 4.79 Å². The van der Waals surface area contributed by atoms with Crippen LogP contribution in [-0.2, 0) is 0 Å².